The summed E-state index contributed by atoms with van der Waals surface area (Å²) in [6.07, 6.45) is 15.5. The van der Waals surface area contributed by atoms with E-state index in [0.29, 0.717) is 53.9 Å². The molecule has 5 heteroatoms. The molecule has 0 heterocycles. The van der Waals surface area contributed by atoms with Crippen molar-refractivity contribution in [3.63, 3.8) is 0 Å². The third-order valence-electron chi connectivity index (χ3n) is 16.5. The number of allylic oxidation sites excluding steroid dienone is 3. The van der Waals surface area contributed by atoms with Gasteiger partial charge in [-0.2, -0.15) is 0 Å². The van der Waals surface area contributed by atoms with Crippen LogP contribution in [0.3, 0.4) is 0 Å². The molecule has 50 heavy (non-hydrogen) atoms. The van der Waals surface area contributed by atoms with Crippen LogP contribution in [0.2, 0.25) is 0 Å². The number of carboxylic acid groups (broad SMARTS) is 1. The fourth-order valence-corrected chi connectivity index (χ4v) is 14.0. The van der Waals surface area contributed by atoms with E-state index in [4.69, 9.17) is 0 Å². The van der Waals surface area contributed by atoms with Gasteiger partial charge in [0.1, 0.15) is 5.78 Å². The molecule has 0 aliphatic heterocycles. The van der Waals surface area contributed by atoms with Gasteiger partial charge >= 0.3 is 5.97 Å². The number of Topliss-reactive ketones (excluding diaryl/α,β-unsaturated/α-hetero) is 1. The van der Waals surface area contributed by atoms with Gasteiger partial charge in [0.2, 0.25) is 0 Å². The number of benzene rings is 1. The van der Waals surface area contributed by atoms with Gasteiger partial charge in [-0.3, -0.25) is 4.79 Å². The minimum Gasteiger partial charge on any atom is -0.478 e. The number of fused-ring (bicyclic) bond motifs is 7. The summed E-state index contributed by atoms with van der Waals surface area (Å²) in [6.45, 7) is 24.6. The number of hydrogen-bond acceptors (Lipinski definition) is 4. The molecule has 2 N–H and O–H groups in total. The molecule has 0 bridgehead atoms. The average Bonchev–Trinajstić information content (AvgIpc) is 3.46. The highest BCUT2D eigenvalue weighted by Crippen LogP contribution is 2.78. The third kappa shape index (κ3) is 5.71. The van der Waals surface area contributed by atoms with E-state index in [0.717, 1.165) is 63.6 Å². The third-order valence-corrected chi connectivity index (χ3v) is 16.5. The zero-order valence-corrected chi connectivity index (χ0v) is 32.5. The van der Waals surface area contributed by atoms with Crippen LogP contribution < -0.4 is 0 Å². The first-order valence-corrected chi connectivity index (χ1v) is 20.2. The Morgan fingerprint density at radius 3 is 2.24 bits per heavy atom. The highest BCUT2D eigenvalue weighted by atomic mass is 16.4. The van der Waals surface area contributed by atoms with Gasteiger partial charge in [0.15, 0.2) is 0 Å². The predicted molar refractivity (Wildman–Crippen MR) is 204 cm³/mol. The van der Waals surface area contributed by atoms with Crippen molar-refractivity contribution in [3.8, 4) is 0 Å². The quantitative estimate of drug-likeness (QED) is 0.214. The number of aliphatic hydroxyl groups excluding tert-OH is 1. The van der Waals surface area contributed by atoms with Crippen LogP contribution in [-0.4, -0.2) is 53.1 Å². The first kappa shape index (κ1) is 37.5. The lowest BCUT2D eigenvalue weighted by Gasteiger charge is -2.72. The molecule has 0 spiro atoms. The molecule has 1 aromatic rings. The number of nitrogens with zero attached hydrogens (tertiary/aromatic N) is 1. The van der Waals surface area contributed by atoms with Gasteiger partial charge in [-0.15, -0.1) is 0 Å². The Labute approximate surface area is 303 Å². The number of aliphatic hydroxyl groups is 1. The standard InChI is InChI=1S/C45H67NO4/c1-9-26-46(28-29-47)27-10-11-38(48)45-23-18-33(30(2)3)39(45)35-16-17-37-42(6)21-19-34(31-12-14-32(15-13-31)40(49)50)41(4,5)36(42)20-22-44(37,8)43(35,7)24-25-45/h12-15,19,33,35-37,39,47H,2,9-11,16-18,20-29H2,1,3-8H3,(H,49,50)/t33-,35+,36-,37+,39+,42-,43+,44+,45+/m0/s1. The van der Waals surface area contributed by atoms with E-state index in [9.17, 15) is 19.8 Å². The van der Waals surface area contributed by atoms with Crippen molar-refractivity contribution in [2.24, 2.45) is 56.7 Å². The van der Waals surface area contributed by atoms with Crippen molar-refractivity contribution in [2.75, 3.05) is 26.2 Å². The Bertz CT molecular complexity index is 1490. The Hall–Kier alpha value is -2.24. The van der Waals surface area contributed by atoms with Gasteiger partial charge in [-0.25, -0.2) is 4.79 Å². The number of hydrogen-bond donors (Lipinski definition) is 2. The highest BCUT2D eigenvalue weighted by Gasteiger charge is 2.71. The average molecular weight is 686 g/mol. The summed E-state index contributed by atoms with van der Waals surface area (Å²) >= 11 is 0. The maximum absolute atomic E-state index is 14.6. The van der Waals surface area contributed by atoms with Crippen molar-refractivity contribution >= 4 is 17.3 Å². The van der Waals surface area contributed by atoms with E-state index in [-0.39, 0.29) is 33.7 Å². The molecule has 5 aliphatic rings. The fourth-order valence-electron chi connectivity index (χ4n) is 14.0. The zero-order valence-electron chi connectivity index (χ0n) is 32.5. The van der Waals surface area contributed by atoms with Crippen LogP contribution in [0.5, 0.6) is 0 Å². The van der Waals surface area contributed by atoms with E-state index in [1.165, 1.54) is 36.8 Å². The predicted octanol–water partition coefficient (Wildman–Crippen LogP) is 10.1. The van der Waals surface area contributed by atoms with Gasteiger partial charge in [0, 0.05) is 18.4 Å². The second-order valence-electron chi connectivity index (χ2n) is 18.9. The molecule has 0 saturated heterocycles. The number of ketones is 1. The molecular weight excluding hydrogens is 618 g/mol. The molecule has 0 amide bonds. The van der Waals surface area contributed by atoms with Gasteiger partial charge in [0.25, 0.3) is 0 Å². The fraction of sp³-hybridized carbons (Fsp3) is 0.733. The monoisotopic (exact) mass is 686 g/mol. The second-order valence-corrected chi connectivity index (χ2v) is 18.9. The van der Waals surface area contributed by atoms with Gasteiger partial charge in [-0.1, -0.05) is 71.9 Å². The van der Waals surface area contributed by atoms with Crippen LogP contribution >= 0.6 is 0 Å². The lowest BCUT2D eigenvalue weighted by Crippen LogP contribution is -2.65. The zero-order chi connectivity index (χ0) is 36.3. The number of carboxylic acids is 1. The number of aromatic carboxylic acids is 1. The summed E-state index contributed by atoms with van der Waals surface area (Å²) in [5.74, 6) is 2.23. The minimum absolute atomic E-state index is 0.00858. The molecule has 0 radical (unpaired) electrons. The SMILES string of the molecule is C=C(C)[C@@H]1CC[C@]2(C(=O)CCCN(CCC)CCO)CC[C@]3(C)[C@H](CC[C@@H]4[C@@]5(C)CC=C(c6ccc(C(=O)O)cc6)C(C)(C)[C@@H]5CC[C@]43C)[C@@H]12. The summed E-state index contributed by atoms with van der Waals surface area (Å²) in [5, 5.41) is 19.1. The molecule has 4 fully saturated rings. The van der Waals surface area contributed by atoms with Crippen LogP contribution in [0.25, 0.3) is 5.57 Å². The van der Waals surface area contributed by atoms with E-state index in [1.54, 1.807) is 12.1 Å². The Morgan fingerprint density at radius 1 is 0.880 bits per heavy atom. The van der Waals surface area contributed by atoms with Gasteiger partial charge in [0.05, 0.1) is 12.2 Å². The summed E-state index contributed by atoms with van der Waals surface area (Å²) in [7, 11) is 0. The number of carbonyl (C=O) groups excluding carboxylic acids is 1. The lowest BCUT2D eigenvalue weighted by atomic mass is 9.32. The summed E-state index contributed by atoms with van der Waals surface area (Å²) in [5.41, 5.74) is 4.57. The molecule has 4 saturated carbocycles. The largest absolute Gasteiger partial charge is 0.478 e. The molecule has 276 valence electrons. The Balaban J connectivity index is 1.28. The Kier molecular flexibility index (Phi) is 10.2. The minimum atomic E-state index is -0.874. The summed E-state index contributed by atoms with van der Waals surface area (Å²) in [4.78, 5) is 28.5. The van der Waals surface area contributed by atoms with Crippen LogP contribution in [0, 0.1) is 56.7 Å². The van der Waals surface area contributed by atoms with Gasteiger partial charge < -0.3 is 15.1 Å². The molecule has 9 atom stereocenters. The smallest absolute Gasteiger partial charge is 0.335 e. The van der Waals surface area contributed by atoms with Crippen molar-refractivity contribution in [3.05, 3.63) is 53.6 Å². The number of carbonyl (C=O) groups is 2. The van der Waals surface area contributed by atoms with E-state index < -0.39 is 5.97 Å². The first-order valence-electron chi connectivity index (χ1n) is 20.2. The normalized spacial score (nSPS) is 38.7. The van der Waals surface area contributed by atoms with Crippen molar-refractivity contribution in [1.29, 1.82) is 0 Å². The molecule has 5 aliphatic carbocycles. The summed E-state index contributed by atoms with van der Waals surface area (Å²) < 4.78 is 0. The Morgan fingerprint density at radius 2 is 1.60 bits per heavy atom. The van der Waals surface area contributed by atoms with Crippen LogP contribution in [-0.2, 0) is 4.79 Å². The summed E-state index contributed by atoms with van der Waals surface area (Å²) in [6, 6.07) is 7.56. The van der Waals surface area contributed by atoms with E-state index in [2.05, 4.69) is 66.0 Å². The maximum atomic E-state index is 14.6. The second kappa shape index (κ2) is 13.6. The molecule has 6 rings (SSSR count). The van der Waals surface area contributed by atoms with Crippen LogP contribution in [0.15, 0.2) is 42.5 Å². The molecule has 1 aromatic carbocycles. The maximum Gasteiger partial charge on any atom is 0.335 e. The first-order chi connectivity index (χ1) is 23.6. The molecule has 5 nitrogen and oxygen atoms in total. The van der Waals surface area contributed by atoms with Crippen molar-refractivity contribution in [1.82, 2.24) is 4.90 Å². The van der Waals surface area contributed by atoms with Gasteiger partial charge in [-0.05, 0) is 165 Å². The molecule has 0 aromatic heterocycles. The van der Waals surface area contributed by atoms with E-state index in [1.807, 2.05) is 12.1 Å². The van der Waals surface area contributed by atoms with E-state index >= 15 is 0 Å². The molecular formula is C45H67NO4. The van der Waals surface area contributed by atoms with Crippen LogP contribution in [0.1, 0.15) is 141 Å². The molecule has 0 unspecified atom stereocenters. The van der Waals surface area contributed by atoms with Crippen molar-refractivity contribution in [2.45, 2.75) is 126 Å². The highest BCUT2D eigenvalue weighted by molar-refractivity contribution is 5.88. The number of rotatable bonds is 12. The van der Waals surface area contributed by atoms with Crippen molar-refractivity contribution < 1.29 is 19.8 Å². The topological polar surface area (TPSA) is 77.8 Å². The van der Waals surface area contributed by atoms with Crippen LogP contribution in [0.4, 0.5) is 0 Å². The lowest BCUT2D eigenvalue weighted by molar-refractivity contribution is -0.224.